The molecular formula is C19H19ClN2O3. The number of anilines is 2. The summed E-state index contributed by atoms with van der Waals surface area (Å²) in [6.07, 6.45) is 1.22. The monoisotopic (exact) mass is 358 g/mol. The lowest BCUT2D eigenvalue weighted by atomic mass is 10.1. The first-order chi connectivity index (χ1) is 12.0. The second-order valence-electron chi connectivity index (χ2n) is 5.79. The highest BCUT2D eigenvalue weighted by Crippen LogP contribution is 2.31. The lowest BCUT2D eigenvalue weighted by Crippen LogP contribution is -2.27. The van der Waals surface area contributed by atoms with Gasteiger partial charge in [-0.05, 0) is 48.4 Å². The Bertz CT molecular complexity index is 835. The van der Waals surface area contributed by atoms with Gasteiger partial charge in [-0.2, -0.15) is 0 Å². The Balaban J connectivity index is 1.83. The highest BCUT2D eigenvalue weighted by Gasteiger charge is 2.24. The third kappa shape index (κ3) is 3.46. The van der Waals surface area contributed by atoms with Crippen molar-refractivity contribution >= 4 is 34.8 Å². The Morgan fingerprint density at radius 1 is 1.24 bits per heavy atom. The van der Waals surface area contributed by atoms with Gasteiger partial charge in [0.15, 0.2) is 0 Å². The van der Waals surface area contributed by atoms with Crippen LogP contribution in [0.1, 0.15) is 29.3 Å². The van der Waals surface area contributed by atoms with Gasteiger partial charge in [0.2, 0.25) is 5.91 Å². The van der Waals surface area contributed by atoms with Crippen molar-refractivity contribution in [2.75, 3.05) is 23.9 Å². The van der Waals surface area contributed by atoms with Crippen molar-refractivity contribution in [1.29, 1.82) is 0 Å². The number of hydrogen-bond donors (Lipinski definition) is 1. The van der Waals surface area contributed by atoms with E-state index in [2.05, 4.69) is 5.32 Å². The van der Waals surface area contributed by atoms with E-state index in [1.165, 1.54) is 7.11 Å². The number of hydrogen-bond acceptors (Lipinski definition) is 3. The van der Waals surface area contributed by atoms with Crippen molar-refractivity contribution in [3.8, 4) is 5.75 Å². The standard InChI is InChI=1S/C19H19ClN2O3/c1-3-18(23)22-9-8-12-10-13(4-6-16(12)22)19(24)21-15-11-14(20)5-7-17(15)25-2/h4-7,10-11H,3,8-9H2,1-2H3,(H,21,24). The van der Waals surface area contributed by atoms with E-state index in [9.17, 15) is 9.59 Å². The highest BCUT2D eigenvalue weighted by atomic mass is 35.5. The zero-order valence-corrected chi connectivity index (χ0v) is 14.9. The SMILES string of the molecule is CCC(=O)N1CCc2cc(C(=O)Nc3cc(Cl)ccc3OC)ccc21. The van der Waals surface area contributed by atoms with E-state index in [0.29, 0.717) is 35.0 Å². The molecule has 6 heteroatoms. The minimum atomic E-state index is -0.247. The summed E-state index contributed by atoms with van der Waals surface area (Å²) in [4.78, 5) is 26.3. The zero-order chi connectivity index (χ0) is 18.0. The summed E-state index contributed by atoms with van der Waals surface area (Å²) in [5.41, 5.74) is 2.95. The Hall–Kier alpha value is -2.53. The molecular weight excluding hydrogens is 340 g/mol. The average molecular weight is 359 g/mol. The quantitative estimate of drug-likeness (QED) is 0.901. The Kier molecular flexibility index (Phi) is 4.95. The van der Waals surface area contributed by atoms with E-state index >= 15 is 0 Å². The summed E-state index contributed by atoms with van der Waals surface area (Å²) >= 11 is 6.00. The second-order valence-corrected chi connectivity index (χ2v) is 6.23. The minimum absolute atomic E-state index is 0.0969. The van der Waals surface area contributed by atoms with Crippen LogP contribution in [0.25, 0.3) is 0 Å². The molecule has 25 heavy (non-hydrogen) atoms. The molecule has 2 aromatic carbocycles. The third-order valence-electron chi connectivity index (χ3n) is 4.25. The molecule has 2 aromatic rings. The summed E-state index contributed by atoms with van der Waals surface area (Å²) < 4.78 is 5.25. The maximum Gasteiger partial charge on any atom is 0.255 e. The van der Waals surface area contributed by atoms with Crippen LogP contribution in [0.3, 0.4) is 0 Å². The molecule has 2 amide bonds. The number of fused-ring (bicyclic) bond motifs is 1. The van der Waals surface area contributed by atoms with Gasteiger partial charge in [0.05, 0.1) is 12.8 Å². The molecule has 0 bridgehead atoms. The van der Waals surface area contributed by atoms with Crippen molar-refractivity contribution < 1.29 is 14.3 Å². The molecule has 0 saturated heterocycles. The summed E-state index contributed by atoms with van der Waals surface area (Å²) in [6.45, 7) is 2.51. The fourth-order valence-corrected chi connectivity index (χ4v) is 3.14. The lowest BCUT2D eigenvalue weighted by Gasteiger charge is -2.16. The summed E-state index contributed by atoms with van der Waals surface area (Å²) in [5, 5.41) is 3.34. The molecule has 130 valence electrons. The molecule has 1 N–H and O–H groups in total. The topological polar surface area (TPSA) is 58.6 Å². The number of nitrogens with zero attached hydrogens (tertiary/aromatic N) is 1. The Morgan fingerprint density at radius 2 is 2.04 bits per heavy atom. The van der Waals surface area contributed by atoms with Crippen LogP contribution in [-0.4, -0.2) is 25.5 Å². The summed E-state index contributed by atoms with van der Waals surface area (Å²) in [6, 6.07) is 10.4. The van der Waals surface area contributed by atoms with Gasteiger partial charge in [-0.25, -0.2) is 0 Å². The molecule has 1 heterocycles. The van der Waals surface area contributed by atoms with Gasteiger partial charge in [-0.15, -0.1) is 0 Å². The number of nitrogens with one attached hydrogen (secondary N) is 1. The molecule has 3 rings (SSSR count). The molecule has 1 aliphatic heterocycles. The first kappa shape index (κ1) is 17.3. The predicted octanol–water partition coefficient (Wildman–Crippen LogP) is 3.90. The van der Waals surface area contributed by atoms with Crippen LogP contribution < -0.4 is 15.0 Å². The normalized spacial score (nSPS) is 12.7. The molecule has 0 saturated carbocycles. The van der Waals surface area contributed by atoms with Crippen molar-refractivity contribution in [3.63, 3.8) is 0 Å². The van der Waals surface area contributed by atoms with Gasteiger partial charge >= 0.3 is 0 Å². The summed E-state index contributed by atoms with van der Waals surface area (Å²) in [5.74, 6) is 0.391. The van der Waals surface area contributed by atoms with Crippen LogP contribution in [0.5, 0.6) is 5.75 Å². The molecule has 0 radical (unpaired) electrons. The number of carbonyl (C=O) groups is 2. The van der Waals surface area contributed by atoms with Crippen molar-refractivity contribution in [1.82, 2.24) is 0 Å². The molecule has 0 aliphatic carbocycles. The Labute approximate surface area is 151 Å². The van der Waals surface area contributed by atoms with Crippen LogP contribution in [0.2, 0.25) is 5.02 Å². The van der Waals surface area contributed by atoms with Crippen molar-refractivity contribution in [2.24, 2.45) is 0 Å². The maximum absolute atomic E-state index is 12.6. The van der Waals surface area contributed by atoms with E-state index in [0.717, 1.165) is 17.7 Å². The van der Waals surface area contributed by atoms with Gasteiger partial charge in [-0.3, -0.25) is 9.59 Å². The number of amides is 2. The van der Waals surface area contributed by atoms with Gasteiger partial charge in [0, 0.05) is 29.2 Å². The average Bonchev–Trinajstić information content (AvgIpc) is 3.04. The van der Waals surface area contributed by atoms with E-state index in [4.69, 9.17) is 16.3 Å². The largest absolute Gasteiger partial charge is 0.495 e. The van der Waals surface area contributed by atoms with Crippen LogP contribution in [-0.2, 0) is 11.2 Å². The highest BCUT2D eigenvalue weighted by molar-refractivity contribution is 6.31. The third-order valence-corrected chi connectivity index (χ3v) is 4.49. The van der Waals surface area contributed by atoms with E-state index < -0.39 is 0 Å². The molecule has 0 spiro atoms. The lowest BCUT2D eigenvalue weighted by molar-refractivity contribution is -0.118. The number of carbonyl (C=O) groups excluding carboxylic acids is 2. The number of benzene rings is 2. The fourth-order valence-electron chi connectivity index (χ4n) is 2.97. The molecule has 0 atom stereocenters. The second kappa shape index (κ2) is 7.15. The smallest absolute Gasteiger partial charge is 0.255 e. The molecule has 0 fully saturated rings. The fraction of sp³-hybridized carbons (Fsp3) is 0.263. The number of methoxy groups -OCH3 is 1. The number of ether oxygens (including phenoxy) is 1. The van der Waals surface area contributed by atoms with Crippen LogP contribution in [0, 0.1) is 0 Å². The first-order valence-corrected chi connectivity index (χ1v) is 8.49. The van der Waals surface area contributed by atoms with Crippen molar-refractivity contribution in [2.45, 2.75) is 19.8 Å². The van der Waals surface area contributed by atoms with Crippen LogP contribution in [0.15, 0.2) is 36.4 Å². The van der Waals surface area contributed by atoms with Gasteiger partial charge in [-0.1, -0.05) is 18.5 Å². The van der Waals surface area contributed by atoms with Gasteiger partial charge in [0.25, 0.3) is 5.91 Å². The maximum atomic E-state index is 12.6. The van der Waals surface area contributed by atoms with Gasteiger partial charge in [0.1, 0.15) is 5.75 Å². The van der Waals surface area contributed by atoms with E-state index in [1.807, 2.05) is 19.1 Å². The van der Waals surface area contributed by atoms with Crippen LogP contribution >= 0.6 is 11.6 Å². The number of halogens is 1. The van der Waals surface area contributed by atoms with Crippen LogP contribution in [0.4, 0.5) is 11.4 Å². The number of rotatable bonds is 4. The molecule has 0 aromatic heterocycles. The Morgan fingerprint density at radius 3 is 2.76 bits per heavy atom. The first-order valence-electron chi connectivity index (χ1n) is 8.11. The van der Waals surface area contributed by atoms with Gasteiger partial charge < -0.3 is 15.0 Å². The molecule has 0 unspecified atom stereocenters. The zero-order valence-electron chi connectivity index (χ0n) is 14.1. The van der Waals surface area contributed by atoms with E-state index in [1.54, 1.807) is 29.2 Å². The van der Waals surface area contributed by atoms with Crippen molar-refractivity contribution in [3.05, 3.63) is 52.5 Å². The molecule has 1 aliphatic rings. The predicted molar refractivity (Wildman–Crippen MR) is 98.7 cm³/mol. The minimum Gasteiger partial charge on any atom is -0.495 e. The molecule has 5 nitrogen and oxygen atoms in total. The summed E-state index contributed by atoms with van der Waals surface area (Å²) in [7, 11) is 1.54. The van der Waals surface area contributed by atoms with E-state index in [-0.39, 0.29) is 11.8 Å².